The van der Waals surface area contributed by atoms with Crippen LogP contribution in [0.2, 0.25) is 5.02 Å². The quantitative estimate of drug-likeness (QED) is 0.238. The van der Waals surface area contributed by atoms with Gasteiger partial charge < -0.3 is 14.2 Å². The fourth-order valence-corrected chi connectivity index (χ4v) is 4.54. The average molecular weight is 492 g/mol. The molecular weight excluding hydrogens is 466 g/mol. The molecular formula is C24H26ClNO4S2. The van der Waals surface area contributed by atoms with Crippen LogP contribution in [0.3, 0.4) is 0 Å². The van der Waals surface area contributed by atoms with E-state index < -0.39 is 0 Å². The summed E-state index contributed by atoms with van der Waals surface area (Å²) in [6.45, 7) is 5.05. The number of carbonyl (C=O) groups excluding carboxylic acids is 1. The molecule has 0 spiro atoms. The number of hydrogen-bond donors (Lipinski definition) is 0. The molecule has 32 heavy (non-hydrogen) atoms. The van der Waals surface area contributed by atoms with Gasteiger partial charge in [0.05, 0.1) is 17.0 Å². The lowest BCUT2D eigenvalue weighted by Crippen LogP contribution is -2.22. The van der Waals surface area contributed by atoms with Crippen LogP contribution in [-0.2, 0) is 4.79 Å². The van der Waals surface area contributed by atoms with E-state index in [1.54, 1.807) is 32.4 Å². The zero-order valence-electron chi connectivity index (χ0n) is 18.5. The van der Waals surface area contributed by atoms with Gasteiger partial charge in [-0.25, -0.2) is 0 Å². The number of nitrogens with zero attached hydrogens (tertiary/aromatic N) is 1. The third kappa shape index (κ3) is 5.77. The van der Waals surface area contributed by atoms with Crippen LogP contribution in [-0.4, -0.2) is 42.5 Å². The van der Waals surface area contributed by atoms with Crippen LogP contribution in [0.1, 0.15) is 37.3 Å². The number of methoxy groups -OCH3 is 1. The van der Waals surface area contributed by atoms with Crippen molar-refractivity contribution in [2.24, 2.45) is 0 Å². The Labute approximate surface area is 203 Å². The number of carbonyl (C=O) groups is 1. The van der Waals surface area contributed by atoms with Gasteiger partial charge in [-0.3, -0.25) is 9.69 Å². The van der Waals surface area contributed by atoms with Gasteiger partial charge >= 0.3 is 0 Å². The van der Waals surface area contributed by atoms with E-state index in [0.29, 0.717) is 44.9 Å². The average Bonchev–Trinajstić information content (AvgIpc) is 3.03. The smallest absolute Gasteiger partial charge is 0.265 e. The molecule has 2 aromatic rings. The van der Waals surface area contributed by atoms with Crippen LogP contribution in [0.5, 0.6) is 17.2 Å². The monoisotopic (exact) mass is 491 g/mol. The van der Waals surface area contributed by atoms with Crippen LogP contribution in [0.25, 0.3) is 6.08 Å². The number of thiocarbonyl (C=S) groups is 1. The minimum Gasteiger partial charge on any atom is -0.493 e. The number of hydrogen-bond acceptors (Lipinski definition) is 6. The molecule has 1 aliphatic heterocycles. The molecule has 3 rings (SSSR count). The molecule has 1 fully saturated rings. The first-order valence-electron chi connectivity index (χ1n) is 10.3. The molecule has 1 aliphatic rings. The van der Waals surface area contributed by atoms with Crippen LogP contribution < -0.4 is 14.2 Å². The van der Waals surface area contributed by atoms with Crippen molar-refractivity contribution in [3.8, 4) is 17.2 Å². The largest absolute Gasteiger partial charge is 0.493 e. The van der Waals surface area contributed by atoms with Gasteiger partial charge in [-0.15, -0.1) is 0 Å². The van der Waals surface area contributed by atoms with Crippen molar-refractivity contribution in [3.63, 3.8) is 0 Å². The zero-order valence-corrected chi connectivity index (χ0v) is 20.9. The normalized spacial score (nSPS) is 15.9. The fourth-order valence-electron chi connectivity index (χ4n) is 3.09. The first kappa shape index (κ1) is 24.4. The molecule has 1 amide bonds. The van der Waals surface area contributed by atoms with E-state index in [1.807, 2.05) is 12.1 Å². The summed E-state index contributed by atoms with van der Waals surface area (Å²) in [7, 11) is 3.20. The molecule has 0 aromatic heterocycles. The van der Waals surface area contributed by atoms with Crippen LogP contribution >= 0.6 is 35.6 Å². The number of benzene rings is 2. The van der Waals surface area contributed by atoms with Gasteiger partial charge in [0.25, 0.3) is 5.91 Å². The highest BCUT2D eigenvalue weighted by Crippen LogP contribution is 2.38. The van der Waals surface area contributed by atoms with Gasteiger partial charge in [-0.05, 0) is 53.8 Å². The zero-order chi connectivity index (χ0) is 23.3. The molecule has 0 saturated carbocycles. The molecule has 8 heteroatoms. The summed E-state index contributed by atoms with van der Waals surface area (Å²) in [6, 6.07) is 11.6. The van der Waals surface area contributed by atoms with Crippen LogP contribution in [0.15, 0.2) is 41.3 Å². The van der Waals surface area contributed by atoms with E-state index in [-0.39, 0.29) is 5.91 Å². The Balaban J connectivity index is 1.62. The summed E-state index contributed by atoms with van der Waals surface area (Å²) in [6.07, 6.45) is 2.85. The standard InChI is InChI=1S/C24H26ClNO4S2/c1-5-15(2)17-6-8-18(9-7-17)29-10-11-30-22-19(25)12-16(13-20(22)28-4)14-21-23(27)26(3)24(31)32-21/h6-9,12-15H,5,10-11H2,1-4H3/b21-14-/t15-/m0/s1. The second-order valence-corrected chi connectivity index (χ2v) is 9.43. The van der Waals surface area contributed by atoms with E-state index in [1.165, 1.54) is 22.2 Å². The first-order valence-corrected chi connectivity index (χ1v) is 11.9. The highest BCUT2D eigenvalue weighted by molar-refractivity contribution is 8.26. The lowest BCUT2D eigenvalue weighted by atomic mass is 9.99. The van der Waals surface area contributed by atoms with Crippen molar-refractivity contribution in [3.05, 3.63) is 57.5 Å². The van der Waals surface area contributed by atoms with Crippen molar-refractivity contribution >= 4 is 51.9 Å². The Hall–Kier alpha value is -2.22. The minimum atomic E-state index is -0.134. The molecule has 0 radical (unpaired) electrons. The first-order chi connectivity index (χ1) is 15.3. The number of halogens is 1. The lowest BCUT2D eigenvalue weighted by Gasteiger charge is -2.14. The molecule has 1 atom stereocenters. The highest BCUT2D eigenvalue weighted by atomic mass is 35.5. The number of likely N-dealkylation sites (N-methyl/N-ethyl adjacent to an activating group) is 1. The van der Waals surface area contributed by atoms with Crippen molar-refractivity contribution in [2.45, 2.75) is 26.2 Å². The molecule has 2 aromatic carbocycles. The van der Waals surface area contributed by atoms with Crippen molar-refractivity contribution < 1.29 is 19.0 Å². The minimum absolute atomic E-state index is 0.134. The molecule has 1 heterocycles. The summed E-state index contributed by atoms with van der Waals surface area (Å²) < 4.78 is 17.6. The van der Waals surface area contributed by atoms with E-state index in [0.717, 1.165) is 17.7 Å². The summed E-state index contributed by atoms with van der Waals surface area (Å²) >= 11 is 12.9. The van der Waals surface area contributed by atoms with Crippen molar-refractivity contribution in [1.82, 2.24) is 4.90 Å². The second kappa shape index (κ2) is 11.1. The summed E-state index contributed by atoms with van der Waals surface area (Å²) in [5.41, 5.74) is 2.03. The number of ether oxygens (including phenoxy) is 3. The molecule has 0 N–H and O–H groups in total. The van der Waals surface area contributed by atoms with Gasteiger partial charge in [0.15, 0.2) is 11.5 Å². The Morgan fingerprint density at radius 2 is 1.88 bits per heavy atom. The lowest BCUT2D eigenvalue weighted by molar-refractivity contribution is -0.121. The van der Waals surface area contributed by atoms with Gasteiger partial charge in [0.2, 0.25) is 0 Å². The Bertz CT molecular complexity index is 1020. The fraction of sp³-hybridized carbons (Fsp3) is 0.333. The van der Waals surface area contributed by atoms with Crippen molar-refractivity contribution in [2.75, 3.05) is 27.4 Å². The molecule has 5 nitrogen and oxygen atoms in total. The molecule has 0 unspecified atom stereocenters. The maximum Gasteiger partial charge on any atom is 0.265 e. The van der Waals surface area contributed by atoms with Gasteiger partial charge in [-0.2, -0.15) is 0 Å². The van der Waals surface area contributed by atoms with E-state index in [2.05, 4.69) is 26.0 Å². The van der Waals surface area contributed by atoms with E-state index in [4.69, 9.17) is 38.0 Å². The molecule has 170 valence electrons. The van der Waals surface area contributed by atoms with Crippen molar-refractivity contribution in [1.29, 1.82) is 0 Å². The highest BCUT2D eigenvalue weighted by Gasteiger charge is 2.28. The summed E-state index contributed by atoms with van der Waals surface area (Å²) in [4.78, 5) is 14.2. The SMILES string of the molecule is CC[C@H](C)c1ccc(OCCOc2c(Cl)cc(/C=C3\SC(=S)N(C)C3=O)cc2OC)cc1. The Morgan fingerprint density at radius 1 is 1.19 bits per heavy atom. The van der Waals surface area contributed by atoms with E-state index >= 15 is 0 Å². The van der Waals surface area contributed by atoms with Gasteiger partial charge in [0, 0.05) is 7.05 Å². The second-order valence-electron chi connectivity index (χ2n) is 7.35. The Kier molecular flexibility index (Phi) is 8.45. The Morgan fingerprint density at radius 3 is 2.47 bits per heavy atom. The molecule has 0 bridgehead atoms. The van der Waals surface area contributed by atoms with Gasteiger partial charge in [-0.1, -0.05) is 61.6 Å². The maximum absolute atomic E-state index is 12.2. The predicted octanol–water partition coefficient (Wildman–Crippen LogP) is 6.15. The third-order valence-electron chi connectivity index (χ3n) is 5.20. The number of rotatable bonds is 9. The number of amides is 1. The topological polar surface area (TPSA) is 48.0 Å². The summed E-state index contributed by atoms with van der Waals surface area (Å²) in [5.74, 6) is 2.11. The van der Waals surface area contributed by atoms with Crippen LogP contribution in [0, 0.1) is 0 Å². The predicted molar refractivity (Wildman–Crippen MR) is 135 cm³/mol. The van der Waals surface area contributed by atoms with Gasteiger partial charge in [0.1, 0.15) is 23.3 Å². The van der Waals surface area contributed by atoms with E-state index in [9.17, 15) is 4.79 Å². The third-order valence-corrected chi connectivity index (χ3v) is 6.96. The molecule has 1 saturated heterocycles. The maximum atomic E-state index is 12.2. The summed E-state index contributed by atoms with van der Waals surface area (Å²) in [5, 5.41) is 0.389. The van der Waals surface area contributed by atoms with Crippen LogP contribution in [0.4, 0.5) is 0 Å². The number of thioether (sulfide) groups is 1. The molecule has 0 aliphatic carbocycles.